The molecule has 5 heteroatoms. The van der Waals surface area contributed by atoms with Crippen LogP contribution < -0.4 is 19.5 Å². The molecule has 2 rings (SSSR count). The molecule has 0 aliphatic heterocycles. The quantitative estimate of drug-likeness (QED) is 0.899. The average molecular weight is 248 g/mol. The minimum Gasteiger partial charge on any atom is -0.496 e. The smallest absolute Gasteiger partial charge is 0.172 e. The Morgan fingerprint density at radius 2 is 1.78 bits per heavy atom. The first-order chi connectivity index (χ1) is 8.76. The van der Waals surface area contributed by atoms with Gasteiger partial charge in [-0.1, -0.05) is 0 Å². The number of ether oxygens (including phenoxy) is 3. The summed E-state index contributed by atoms with van der Waals surface area (Å²) in [6, 6.07) is 3.69. The summed E-state index contributed by atoms with van der Waals surface area (Å²) in [6.07, 6.45) is 1.72. The van der Waals surface area contributed by atoms with Crippen LogP contribution in [0.15, 0.2) is 18.3 Å². The normalized spacial score (nSPS) is 10.2. The van der Waals surface area contributed by atoms with Crippen molar-refractivity contribution in [3.8, 4) is 17.2 Å². The molecule has 0 spiro atoms. The maximum Gasteiger partial charge on any atom is 0.172 e. The highest BCUT2D eigenvalue weighted by molar-refractivity contribution is 6.02. The Morgan fingerprint density at radius 1 is 1.06 bits per heavy atom. The molecule has 96 valence electrons. The summed E-state index contributed by atoms with van der Waals surface area (Å²) in [6.45, 7) is 0. The van der Waals surface area contributed by atoms with Crippen LogP contribution in [-0.2, 0) is 0 Å². The summed E-state index contributed by atoms with van der Waals surface area (Å²) in [5.74, 6) is 2.71. The van der Waals surface area contributed by atoms with E-state index in [1.165, 1.54) is 0 Å². The van der Waals surface area contributed by atoms with Crippen LogP contribution >= 0.6 is 0 Å². The standard InChI is InChI=1S/C13H16N2O3/c1-14-13-11-8(5-6-15-13)9(16-2)7-10(17-3)12(11)18-4/h5-7H,1-4H3,(H,14,15). The van der Waals surface area contributed by atoms with Crippen LogP contribution in [0.4, 0.5) is 5.82 Å². The number of pyridine rings is 1. The number of aromatic nitrogens is 1. The molecule has 0 unspecified atom stereocenters. The fourth-order valence-corrected chi connectivity index (χ4v) is 2.00. The third-order valence-electron chi connectivity index (χ3n) is 2.81. The van der Waals surface area contributed by atoms with Crippen molar-refractivity contribution in [2.45, 2.75) is 0 Å². The molecule has 0 amide bonds. The van der Waals surface area contributed by atoms with Gasteiger partial charge in [-0.05, 0) is 6.07 Å². The highest BCUT2D eigenvalue weighted by Crippen LogP contribution is 2.43. The first-order valence-electron chi connectivity index (χ1n) is 5.52. The van der Waals surface area contributed by atoms with Gasteiger partial charge in [0.2, 0.25) is 0 Å². The topological polar surface area (TPSA) is 52.6 Å². The van der Waals surface area contributed by atoms with Crippen LogP contribution in [-0.4, -0.2) is 33.4 Å². The molecule has 1 heterocycles. The van der Waals surface area contributed by atoms with E-state index >= 15 is 0 Å². The number of fused-ring (bicyclic) bond motifs is 1. The molecule has 18 heavy (non-hydrogen) atoms. The lowest BCUT2D eigenvalue weighted by molar-refractivity contribution is 0.353. The zero-order chi connectivity index (χ0) is 13.1. The van der Waals surface area contributed by atoms with E-state index in [0.29, 0.717) is 11.5 Å². The number of rotatable bonds is 4. The van der Waals surface area contributed by atoms with Crippen molar-refractivity contribution in [3.05, 3.63) is 18.3 Å². The monoisotopic (exact) mass is 248 g/mol. The number of anilines is 1. The molecule has 0 bridgehead atoms. The third-order valence-corrected chi connectivity index (χ3v) is 2.81. The van der Waals surface area contributed by atoms with E-state index in [-0.39, 0.29) is 0 Å². The second-order valence-corrected chi connectivity index (χ2v) is 3.65. The van der Waals surface area contributed by atoms with E-state index in [2.05, 4.69) is 10.3 Å². The van der Waals surface area contributed by atoms with E-state index in [0.717, 1.165) is 22.3 Å². The maximum absolute atomic E-state index is 5.43. The van der Waals surface area contributed by atoms with Crippen molar-refractivity contribution in [1.29, 1.82) is 0 Å². The Labute approximate surface area is 106 Å². The molecule has 0 aliphatic carbocycles. The van der Waals surface area contributed by atoms with Crippen LogP contribution in [0.25, 0.3) is 10.8 Å². The van der Waals surface area contributed by atoms with E-state index in [1.54, 1.807) is 33.6 Å². The van der Waals surface area contributed by atoms with E-state index in [4.69, 9.17) is 14.2 Å². The lowest BCUT2D eigenvalue weighted by Gasteiger charge is -2.15. The number of nitrogens with one attached hydrogen (secondary N) is 1. The third kappa shape index (κ3) is 1.77. The fraction of sp³-hybridized carbons (Fsp3) is 0.308. The molecule has 0 radical (unpaired) electrons. The molecule has 1 aromatic heterocycles. The highest BCUT2D eigenvalue weighted by Gasteiger charge is 2.17. The van der Waals surface area contributed by atoms with Gasteiger partial charge in [0.05, 0.1) is 26.7 Å². The highest BCUT2D eigenvalue weighted by atomic mass is 16.5. The number of benzene rings is 1. The SMILES string of the molecule is CNc1nccc2c(OC)cc(OC)c(OC)c12. The molecule has 0 atom stereocenters. The lowest BCUT2D eigenvalue weighted by atomic mass is 10.1. The van der Waals surface area contributed by atoms with E-state index in [9.17, 15) is 0 Å². The van der Waals surface area contributed by atoms with Crippen LogP contribution in [0.2, 0.25) is 0 Å². The van der Waals surface area contributed by atoms with Crippen molar-refractivity contribution in [1.82, 2.24) is 4.98 Å². The zero-order valence-electron chi connectivity index (χ0n) is 10.9. The Hall–Kier alpha value is -2.17. The molecule has 2 aromatic rings. The second kappa shape index (κ2) is 5.00. The Kier molecular flexibility index (Phi) is 3.41. The molecule has 0 saturated carbocycles. The molecule has 0 saturated heterocycles. The van der Waals surface area contributed by atoms with Crippen molar-refractivity contribution < 1.29 is 14.2 Å². The van der Waals surface area contributed by atoms with Crippen molar-refractivity contribution in [2.24, 2.45) is 0 Å². The summed E-state index contributed by atoms with van der Waals surface area (Å²) in [7, 11) is 6.64. The van der Waals surface area contributed by atoms with E-state index < -0.39 is 0 Å². The van der Waals surface area contributed by atoms with Crippen LogP contribution in [0.3, 0.4) is 0 Å². The van der Waals surface area contributed by atoms with Gasteiger partial charge in [-0.15, -0.1) is 0 Å². The number of hydrogen-bond acceptors (Lipinski definition) is 5. The molecular formula is C13H16N2O3. The molecule has 0 fully saturated rings. The summed E-state index contributed by atoms with van der Waals surface area (Å²) >= 11 is 0. The summed E-state index contributed by atoms with van der Waals surface area (Å²) in [4.78, 5) is 4.28. The first kappa shape index (κ1) is 12.3. The predicted octanol–water partition coefficient (Wildman–Crippen LogP) is 2.30. The van der Waals surface area contributed by atoms with Gasteiger partial charge >= 0.3 is 0 Å². The van der Waals surface area contributed by atoms with Gasteiger partial charge in [0.15, 0.2) is 11.5 Å². The van der Waals surface area contributed by atoms with E-state index in [1.807, 2.05) is 13.1 Å². The molecule has 1 N–H and O–H groups in total. The minimum atomic E-state index is 0.617. The average Bonchev–Trinajstić information content (AvgIpc) is 2.44. The van der Waals surface area contributed by atoms with Gasteiger partial charge in [-0.25, -0.2) is 4.98 Å². The van der Waals surface area contributed by atoms with Crippen molar-refractivity contribution >= 4 is 16.6 Å². The Balaban J connectivity index is 2.91. The summed E-state index contributed by atoms with van der Waals surface area (Å²) < 4.78 is 16.1. The summed E-state index contributed by atoms with van der Waals surface area (Å²) in [5, 5.41) is 4.82. The van der Waals surface area contributed by atoms with Gasteiger partial charge in [-0.3, -0.25) is 0 Å². The minimum absolute atomic E-state index is 0.617. The fourth-order valence-electron chi connectivity index (χ4n) is 2.00. The van der Waals surface area contributed by atoms with Gasteiger partial charge in [-0.2, -0.15) is 0 Å². The molecule has 1 aromatic carbocycles. The van der Waals surface area contributed by atoms with Crippen molar-refractivity contribution in [3.63, 3.8) is 0 Å². The molecular weight excluding hydrogens is 232 g/mol. The van der Waals surface area contributed by atoms with Crippen LogP contribution in [0.5, 0.6) is 17.2 Å². The number of nitrogens with zero attached hydrogens (tertiary/aromatic N) is 1. The van der Waals surface area contributed by atoms with Gasteiger partial charge in [0.1, 0.15) is 11.6 Å². The second-order valence-electron chi connectivity index (χ2n) is 3.65. The van der Waals surface area contributed by atoms with Crippen LogP contribution in [0, 0.1) is 0 Å². The summed E-state index contributed by atoms with van der Waals surface area (Å²) in [5.41, 5.74) is 0. The Morgan fingerprint density at radius 3 is 2.33 bits per heavy atom. The number of methoxy groups -OCH3 is 3. The van der Waals surface area contributed by atoms with Crippen molar-refractivity contribution in [2.75, 3.05) is 33.7 Å². The largest absolute Gasteiger partial charge is 0.496 e. The first-order valence-corrected chi connectivity index (χ1v) is 5.52. The predicted molar refractivity (Wildman–Crippen MR) is 70.9 cm³/mol. The number of hydrogen-bond donors (Lipinski definition) is 1. The van der Waals surface area contributed by atoms with Gasteiger partial charge < -0.3 is 19.5 Å². The van der Waals surface area contributed by atoms with Gasteiger partial charge in [0.25, 0.3) is 0 Å². The van der Waals surface area contributed by atoms with Crippen LogP contribution in [0.1, 0.15) is 0 Å². The zero-order valence-corrected chi connectivity index (χ0v) is 10.9. The lowest BCUT2D eigenvalue weighted by Crippen LogP contribution is -1.99. The van der Waals surface area contributed by atoms with Gasteiger partial charge in [0, 0.05) is 24.7 Å². The molecule has 5 nitrogen and oxygen atoms in total. The Bertz CT molecular complexity index is 568. The maximum atomic E-state index is 5.43. The molecule has 0 aliphatic rings.